The first-order valence-corrected chi connectivity index (χ1v) is 5.79. The van der Waals surface area contributed by atoms with Crippen LogP contribution in [-0.2, 0) is 4.79 Å². The predicted octanol–water partition coefficient (Wildman–Crippen LogP) is -0.104. The van der Waals surface area contributed by atoms with E-state index in [0.29, 0.717) is 6.04 Å². The van der Waals surface area contributed by atoms with Crippen molar-refractivity contribution in [2.24, 2.45) is 0 Å². The van der Waals surface area contributed by atoms with Gasteiger partial charge in [0, 0.05) is 19.1 Å². The Kier molecular flexibility index (Phi) is 4.70. The summed E-state index contributed by atoms with van der Waals surface area (Å²) in [5.74, 6) is -1.17. The third kappa shape index (κ3) is 4.08. The van der Waals surface area contributed by atoms with E-state index in [0.717, 1.165) is 19.5 Å². The van der Waals surface area contributed by atoms with E-state index in [1.807, 2.05) is 11.9 Å². The Labute approximate surface area is 96.4 Å². The number of rotatable bonds is 5. The van der Waals surface area contributed by atoms with Crippen molar-refractivity contribution < 1.29 is 15.0 Å². The summed E-state index contributed by atoms with van der Waals surface area (Å²) in [6.45, 7) is 3.30. The fourth-order valence-electron chi connectivity index (χ4n) is 2.11. The van der Waals surface area contributed by atoms with Crippen molar-refractivity contribution in [1.82, 2.24) is 10.2 Å². The summed E-state index contributed by atoms with van der Waals surface area (Å²) in [6.07, 6.45) is 3.56. The Bertz CT molecular complexity index is 237. The topological polar surface area (TPSA) is 72.8 Å². The highest BCUT2D eigenvalue weighted by Gasteiger charge is 2.31. The van der Waals surface area contributed by atoms with Gasteiger partial charge in [0.05, 0.1) is 0 Å². The maximum atomic E-state index is 10.8. The van der Waals surface area contributed by atoms with Crippen LogP contribution in [0.25, 0.3) is 0 Å². The Hall–Kier alpha value is -0.650. The maximum absolute atomic E-state index is 10.8. The van der Waals surface area contributed by atoms with Gasteiger partial charge in [0.2, 0.25) is 0 Å². The molecule has 0 saturated carbocycles. The van der Waals surface area contributed by atoms with Crippen molar-refractivity contribution in [2.75, 3.05) is 26.7 Å². The van der Waals surface area contributed by atoms with E-state index in [-0.39, 0.29) is 6.54 Å². The molecule has 1 heterocycles. The average molecular weight is 230 g/mol. The lowest BCUT2D eigenvalue weighted by Crippen LogP contribution is -2.49. The highest BCUT2D eigenvalue weighted by molar-refractivity contribution is 5.76. The molecule has 5 nitrogen and oxygen atoms in total. The number of aliphatic hydroxyl groups is 1. The molecule has 1 saturated heterocycles. The van der Waals surface area contributed by atoms with Crippen molar-refractivity contribution in [3.8, 4) is 0 Å². The van der Waals surface area contributed by atoms with Gasteiger partial charge in [-0.1, -0.05) is 6.42 Å². The van der Waals surface area contributed by atoms with Gasteiger partial charge in [0.1, 0.15) is 0 Å². The number of nitrogens with zero attached hydrogens (tertiary/aromatic N) is 1. The van der Waals surface area contributed by atoms with Gasteiger partial charge in [-0.25, -0.2) is 4.79 Å². The van der Waals surface area contributed by atoms with E-state index in [4.69, 9.17) is 5.11 Å². The van der Waals surface area contributed by atoms with Gasteiger partial charge >= 0.3 is 5.97 Å². The van der Waals surface area contributed by atoms with Gasteiger partial charge in [-0.3, -0.25) is 0 Å². The van der Waals surface area contributed by atoms with Crippen molar-refractivity contribution in [3.05, 3.63) is 0 Å². The van der Waals surface area contributed by atoms with E-state index in [1.165, 1.54) is 19.8 Å². The first-order valence-electron chi connectivity index (χ1n) is 5.79. The minimum Gasteiger partial charge on any atom is -0.479 e. The van der Waals surface area contributed by atoms with E-state index in [9.17, 15) is 9.90 Å². The fourth-order valence-corrected chi connectivity index (χ4v) is 2.11. The Morgan fingerprint density at radius 2 is 2.25 bits per heavy atom. The van der Waals surface area contributed by atoms with Crippen LogP contribution in [0.1, 0.15) is 26.2 Å². The SMILES string of the molecule is CN(CC1CCCCN1)CC(C)(O)C(=O)O. The van der Waals surface area contributed by atoms with Crippen LogP contribution in [0.5, 0.6) is 0 Å². The quantitative estimate of drug-likeness (QED) is 0.615. The number of aliphatic carboxylic acids is 1. The molecule has 16 heavy (non-hydrogen) atoms. The standard InChI is InChI=1S/C11H22N2O3/c1-11(16,10(14)15)8-13(2)7-9-5-3-4-6-12-9/h9,12,16H,3-8H2,1-2H3,(H,14,15). The molecule has 3 N–H and O–H groups in total. The molecule has 0 aromatic heterocycles. The summed E-state index contributed by atoms with van der Waals surface area (Å²) < 4.78 is 0. The third-order valence-corrected chi connectivity index (χ3v) is 2.98. The molecule has 1 fully saturated rings. The van der Waals surface area contributed by atoms with Crippen molar-refractivity contribution in [3.63, 3.8) is 0 Å². The van der Waals surface area contributed by atoms with Crippen LogP contribution < -0.4 is 5.32 Å². The fraction of sp³-hybridized carbons (Fsp3) is 0.909. The molecule has 5 heteroatoms. The average Bonchev–Trinajstić information content (AvgIpc) is 2.17. The van der Waals surface area contributed by atoms with Gasteiger partial charge in [-0.15, -0.1) is 0 Å². The zero-order chi connectivity index (χ0) is 12.2. The molecule has 0 radical (unpaired) electrons. The molecule has 0 spiro atoms. The van der Waals surface area contributed by atoms with Crippen molar-refractivity contribution in [1.29, 1.82) is 0 Å². The monoisotopic (exact) mass is 230 g/mol. The van der Waals surface area contributed by atoms with E-state index in [1.54, 1.807) is 0 Å². The van der Waals surface area contributed by atoms with Crippen LogP contribution in [0.4, 0.5) is 0 Å². The normalized spacial score (nSPS) is 25.4. The number of hydrogen-bond acceptors (Lipinski definition) is 4. The molecule has 2 unspecified atom stereocenters. The Morgan fingerprint density at radius 3 is 2.75 bits per heavy atom. The molecule has 0 amide bonds. The molecule has 1 rings (SSSR count). The van der Waals surface area contributed by atoms with E-state index >= 15 is 0 Å². The first-order chi connectivity index (χ1) is 7.42. The molecule has 1 aliphatic rings. The van der Waals surface area contributed by atoms with Crippen LogP contribution in [0.2, 0.25) is 0 Å². The molecular weight excluding hydrogens is 208 g/mol. The molecular formula is C11H22N2O3. The predicted molar refractivity (Wildman–Crippen MR) is 61.4 cm³/mol. The van der Waals surface area contributed by atoms with E-state index < -0.39 is 11.6 Å². The maximum Gasteiger partial charge on any atom is 0.336 e. The lowest BCUT2D eigenvalue weighted by Gasteiger charge is -2.31. The molecule has 0 aliphatic carbocycles. The van der Waals surface area contributed by atoms with Gasteiger partial charge in [0.15, 0.2) is 5.60 Å². The summed E-state index contributed by atoms with van der Waals surface area (Å²) in [5, 5.41) is 21.8. The molecule has 0 bridgehead atoms. The lowest BCUT2D eigenvalue weighted by atomic mass is 10.0. The van der Waals surface area contributed by atoms with Crippen LogP contribution in [0.15, 0.2) is 0 Å². The van der Waals surface area contributed by atoms with Crippen LogP contribution >= 0.6 is 0 Å². The second-order valence-electron chi connectivity index (χ2n) is 4.92. The minimum atomic E-state index is -1.66. The van der Waals surface area contributed by atoms with Crippen LogP contribution in [0, 0.1) is 0 Å². The van der Waals surface area contributed by atoms with Crippen molar-refractivity contribution >= 4 is 5.97 Å². The summed E-state index contributed by atoms with van der Waals surface area (Å²) in [7, 11) is 1.84. The summed E-state index contributed by atoms with van der Waals surface area (Å²) in [6, 6.07) is 0.420. The first kappa shape index (κ1) is 13.4. The lowest BCUT2D eigenvalue weighted by molar-refractivity contribution is -0.158. The number of nitrogens with one attached hydrogen (secondary N) is 1. The smallest absolute Gasteiger partial charge is 0.336 e. The molecule has 2 atom stereocenters. The highest BCUT2D eigenvalue weighted by Crippen LogP contribution is 2.10. The van der Waals surface area contributed by atoms with Gasteiger partial charge < -0.3 is 20.4 Å². The molecule has 0 aromatic rings. The number of hydrogen-bond donors (Lipinski definition) is 3. The summed E-state index contributed by atoms with van der Waals surface area (Å²) in [5.41, 5.74) is -1.66. The van der Waals surface area contributed by atoms with Gasteiger partial charge in [0.25, 0.3) is 0 Å². The number of likely N-dealkylation sites (N-methyl/N-ethyl adjacent to an activating group) is 1. The zero-order valence-electron chi connectivity index (χ0n) is 10.1. The van der Waals surface area contributed by atoms with Crippen LogP contribution in [-0.4, -0.2) is 59.4 Å². The van der Waals surface area contributed by atoms with Crippen LogP contribution in [0.3, 0.4) is 0 Å². The number of carboxylic acid groups (broad SMARTS) is 1. The molecule has 94 valence electrons. The second kappa shape index (κ2) is 5.61. The van der Waals surface area contributed by atoms with E-state index in [2.05, 4.69) is 5.32 Å². The number of carbonyl (C=O) groups is 1. The number of carboxylic acids is 1. The molecule has 1 aliphatic heterocycles. The highest BCUT2D eigenvalue weighted by atomic mass is 16.4. The molecule has 0 aromatic carbocycles. The summed E-state index contributed by atoms with van der Waals surface area (Å²) >= 11 is 0. The minimum absolute atomic E-state index is 0.153. The Balaban J connectivity index is 2.34. The number of piperidine rings is 1. The largest absolute Gasteiger partial charge is 0.479 e. The summed E-state index contributed by atoms with van der Waals surface area (Å²) in [4.78, 5) is 12.6. The zero-order valence-corrected chi connectivity index (χ0v) is 10.1. The van der Waals surface area contributed by atoms with Gasteiger partial charge in [-0.05, 0) is 33.4 Å². The Morgan fingerprint density at radius 1 is 1.56 bits per heavy atom. The van der Waals surface area contributed by atoms with Crippen molar-refractivity contribution in [2.45, 2.75) is 37.8 Å². The third-order valence-electron chi connectivity index (χ3n) is 2.98. The second-order valence-corrected chi connectivity index (χ2v) is 4.92. The van der Waals surface area contributed by atoms with Gasteiger partial charge in [-0.2, -0.15) is 0 Å².